The van der Waals surface area contributed by atoms with Crippen LogP contribution in [0.2, 0.25) is 0 Å². The largest absolute Gasteiger partial charge is 0.396 e. The topological polar surface area (TPSA) is 66.4 Å². The lowest BCUT2D eigenvalue weighted by atomic mass is 9.88. The van der Waals surface area contributed by atoms with Crippen molar-refractivity contribution >= 4 is 37.3 Å². The van der Waals surface area contributed by atoms with Gasteiger partial charge in [-0.25, -0.2) is 13.1 Å². The Morgan fingerprint density at radius 2 is 2.11 bits per heavy atom. The van der Waals surface area contributed by atoms with E-state index in [4.69, 9.17) is 5.11 Å². The molecule has 7 heteroatoms. The van der Waals surface area contributed by atoms with Crippen LogP contribution in [0.3, 0.4) is 0 Å². The molecule has 18 heavy (non-hydrogen) atoms. The molecule has 0 radical (unpaired) electrons. The summed E-state index contributed by atoms with van der Waals surface area (Å²) in [5.74, 6) is 0. The zero-order valence-corrected chi connectivity index (χ0v) is 13.7. The summed E-state index contributed by atoms with van der Waals surface area (Å²) in [5, 5.41) is 8.80. The van der Waals surface area contributed by atoms with Crippen LogP contribution in [0.5, 0.6) is 0 Å². The maximum Gasteiger partial charge on any atom is 0.250 e. The van der Waals surface area contributed by atoms with Crippen molar-refractivity contribution in [2.75, 3.05) is 13.2 Å². The van der Waals surface area contributed by atoms with E-state index in [1.807, 2.05) is 13.8 Å². The van der Waals surface area contributed by atoms with E-state index in [0.717, 1.165) is 10.2 Å². The van der Waals surface area contributed by atoms with Gasteiger partial charge in [-0.3, -0.25) is 0 Å². The zero-order valence-electron chi connectivity index (χ0n) is 10.4. The van der Waals surface area contributed by atoms with Gasteiger partial charge in [-0.2, -0.15) is 0 Å². The van der Waals surface area contributed by atoms with E-state index < -0.39 is 10.0 Å². The Bertz CT molecular complexity index is 482. The van der Waals surface area contributed by atoms with Gasteiger partial charge >= 0.3 is 0 Å². The molecule has 104 valence electrons. The fraction of sp³-hybridized carbons (Fsp3) is 0.636. The first-order valence-electron chi connectivity index (χ1n) is 5.63. The van der Waals surface area contributed by atoms with Crippen molar-refractivity contribution in [1.29, 1.82) is 0 Å². The quantitative estimate of drug-likeness (QED) is 0.789. The van der Waals surface area contributed by atoms with Gasteiger partial charge in [0.25, 0.3) is 0 Å². The van der Waals surface area contributed by atoms with Crippen molar-refractivity contribution in [2.45, 2.75) is 30.9 Å². The second kappa shape index (κ2) is 6.47. The van der Waals surface area contributed by atoms with Crippen molar-refractivity contribution in [2.24, 2.45) is 5.41 Å². The molecule has 0 aliphatic carbocycles. The Hall–Kier alpha value is 0.0500. The van der Waals surface area contributed by atoms with E-state index in [2.05, 4.69) is 20.7 Å². The number of aliphatic hydroxyl groups is 1. The minimum absolute atomic E-state index is 0.133. The van der Waals surface area contributed by atoms with Crippen LogP contribution in [0.1, 0.15) is 26.7 Å². The van der Waals surface area contributed by atoms with Gasteiger partial charge in [0.1, 0.15) is 4.21 Å². The summed E-state index contributed by atoms with van der Waals surface area (Å²) in [5.41, 5.74) is -0.162. The monoisotopic (exact) mass is 355 g/mol. The van der Waals surface area contributed by atoms with E-state index in [9.17, 15) is 8.42 Å². The van der Waals surface area contributed by atoms with Crippen molar-refractivity contribution in [3.63, 3.8) is 0 Å². The summed E-state index contributed by atoms with van der Waals surface area (Å²) in [6.07, 6.45) is 1.46. The first-order valence-corrected chi connectivity index (χ1v) is 8.72. The predicted molar refractivity (Wildman–Crippen MR) is 77.3 cm³/mol. The molecule has 4 nitrogen and oxygen atoms in total. The second-order valence-electron chi connectivity index (χ2n) is 4.87. The molecule has 0 amide bonds. The number of hydrogen-bond acceptors (Lipinski definition) is 4. The first kappa shape index (κ1) is 16.1. The van der Waals surface area contributed by atoms with Gasteiger partial charge < -0.3 is 5.11 Å². The van der Waals surface area contributed by atoms with Crippen molar-refractivity contribution in [3.05, 3.63) is 15.9 Å². The van der Waals surface area contributed by atoms with Crippen molar-refractivity contribution < 1.29 is 13.5 Å². The third-order valence-electron chi connectivity index (χ3n) is 2.57. The van der Waals surface area contributed by atoms with E-state index in [-0.39, 0.29) is 12.0 Å². The lowest BCUT2D eigenvalue weighted by Gasteiger charge is -2.24. The molecule has 2 N–H and O–H groups in total. The standard InChI is InChI=1S/C11H18BrNO3S2/c1-11(2,6-3-7-14)8-13-18(15,16)10-5-4-9(12)17-10/h4-5,13-14H,3,6-8H2,1-2H3. The molecular weight excluding hydrogens is 338 g/mol. The number of sulfonamides is 1. The molecular formula is C11H18BrNO3S2. The summed E-state index contributed by atoms with van der Waals surface area (Å²) in [6, 6.07) is 3.30. The molecule has 0 saturated heterocycles. The minimum Gasteiger partial charge on any atom is -0.396 e. The van der Waals surface area contributed by atoms with Crippen LogP contribution < -0.4 is 4.72 Å². The van der Waals surface area contributed by atoms with Gasteiger partial charge in [0.15, 0.2) is 0 Å². The Balaban J connectivity index is 2.62. The number of thiophene rings is 1. The van der Waals surface area contributed by atoms with Gasteiger partial charge in [-0.15, -0.1) is 11.3 Å². The highest BCUT2D eigenvalue weighted by Gasteiger charge is 2.22. The highest BCUT2D eigenvalue weighted by molar-refractivity contribution is 9.11. The predicted octanol–water partition coefficient (Wildman–Crippen LogP) is 2.59. The summed E-state index contributed by atoms with van der Waals surface area (Å²) >= 11 is 4.44. The smallest absolute Gasteiger partial charge is 0.250 e. The Kier molecular flexibility index (Phi) is 5.79. The number of hydrogen-bond donors (Lipinski definition) is 2. The molecule has 1 aromatic rings. The lowest BCUT2D eigenvalue weighted by molar-refractivity contribution is 0.242. The van der Waals surface area contributed by atoms with Crippen LogP contribution in [0.15, 0.2) is 20.1 Å². The number of nitrogens with one attached hydrogen (secondary N) is 1. The van der Waals surface area contributed by atoms with E-state index >= 15 is 0 Å². The lowest BCUT2D eigenvalue weighted by Crippen LogP contribution is -2.33. The Labute approximate surface area is 121 Å². The summed E-state index contributed by atoms with van der Waals surface area (Å²) in [6.45, 7) is 4.46. The SMILES string of the molecule is CC(C)(CCCO)CNS(=O)(=O)c1ccc(Br)s1. The molecule has 0 unspecified atom stereocenters. The number of rotatable bonds is 7. The highest BCUT2D eigenvalue weighted by atomic mass is 79.9. The molecule has 0 aliphatic heterocycles. The third kappa shape index (κ3) is 4.97. The number of aliphatic hydroxyl groups excluding tert-OH is 1. The van der Waals surface area contributed by atoms with Crippen LogP contribution in [-0.4, -0.2) is 26.7 Å². The first-order chi connectivity index (χ1) is 8.27. The molecule has 1 rings (SSSR count). The molecule has 0 aromatic carbocycles. The van der Waals surface area contributed by atoms with Gasteiger partial charge in [0, 0.05) is 13.2 Å². The summed E-state index contributed by atoms with van der Waals surface area (Å²) in [7, 11) is -3.42. The molecule has 0 bridgehead atoms. The molecule has 1 aromatic heterocycles. The van der Waals surface area contributed by atoms with Gasteiger partial charge in [0.05, 0.1) is 3.79 Å². The van der Waals surface area contributed by atoms with Crippen LogP contribution in [0.25, 0.3) is 0 Å². The highest BCUT2D eigenvalue weighted by Crippen LogP contribution is 2.27. The fourth-order valence-electron chi connectivity index (χ4n) is 1.45. The van der Waals surface area contributed by atoms with Crippen molar-refractivity contribution in [3.8, 4) is 0 Å². The van der Waals surface area contributed by atoms with Crippen LogP contribution >= 0.6 is 27.3 Å². The number of halogens is 1. The third-order valence-corrected chi connectivity index (χ3v) is 6.08. The molecule has 0 spiro atoms. The normalized spacial score (nSPS) is 12.9. The van der Waals surface area contributed by atoms with E-state index in [0.29, 0.717) is 17.2 Å². The van der Waals surface area contributed by atoms with Gasteiger partial charge in [-0.1, -0.05) is 13.8 Å². The fourth-order valence-corrected chi connectivity index (χ4v) is 4.75. The molecule has 0 saturated carbocycles. The summed E-state index contributed by atoms with van der Waals surface area (Å²) < 4.78 is 27.7. The Morgan fingerprint density at radius 1 is 1.44 bits per heavy atom. The molecule has 0 atom stereocenters. The van der Waals surface area contributed by atoms with Crippen LogP contribution in [0, 0.1) is 5.41 Å². The Morgan fingerprint density at radius 3 is 2.61 bits per heavy atom. The zero-order chi connectivity index (χ0) is 13.8. The second-order valence-corrected chi connectivity index (χ2v) is 9.33. The summed E-state index contributed by atoms with van der Waals surface area (Å²) in [4.78, 5) is 0. The average Bonchev–Trinajstić information content (AvgIpc) is 2.72. The van der Waals surface area contributed by atoms with Gasteiger partial charge in [0.2, 0.25) is 10.0 Å². The molecule has 1 heterocycles. The molecule has 0 fully saturated rings. The van der Waals surface area contributed by atoms with Crippen molar-refractivity contribution in [1.82, 2.24) is 4.72 Å². The molecule has 0 aliphatic rings. The van der Waals surface area contributed by atoms with Crippen LogP contribution in [-0.2, 0) is 10.0 Å². The average molecular weight is 356 g/mol. The minimum atomic E-state index is -3.42. The van der Waals surface area contributed by atoms with E-state index in [1.165, 1.54) is 11.3 Å². The van der Waals surface area contributed by atoms with Gasteiger partial charge in [-0.05, 0) is 46.3 Å². The maximum absolute atomic E-state index is 12.0. The van der Waals surface area contributed by atoms with E-state index in [1.54, 1.807) is 12.1 Å². The van der Waals surface area contributed by atoms with Crippen LogP contribution in [0.4, 0.5) is 0 Å². The maximum atomic E-state index is 12.0.